The van der Waals surface area contributed by atoms with Gasteiger partial charge < -0.3 is 11.5 Å². The van der Waals surface area contributed by atoms with Crippen LogP contribution in [0.1, 0.15) is 13.8 Å². The summed E-state index contributed by atoms with van der Waals surface area (Å²) in [5.74, 6) is 0.103. The van der Waals surface area contributed by atoms with Crippen LogP contribution in [0.15, 0.2) is 11.3 Å². The fourth-order valence-corrected chi connectivity index (χ4v) is 0.714. The normalized spacial score (nSPS) is 12.2. The van der Waals surface area contributed by atoms with Crippen LogP contribution >= 0.6 is 12.2 Å². The molecule has 0 radical (unpaired) electrons. The summed E-state index contributed by atoms with van der Waals surface area (Å²) in [7, 11) is 0. The Hall–Kier alpha value is -1.08. The minimum Gasteiger partial charge on any atom is -0.401 e. The van der Waals surface area contributed by atoms with Gasteiger partial charge in [-0.05, 0) is 5.92 Å². The first-order chi connectivity index (χ1) is 5.00. The second-order valence-electron chi connectivity index (χ2n) is 2.46. The molecule has 0 aromatic heterocycles. The third kappa shape index (κ3) is 2.56. The molecule has 4 heteroatoms. The van der Waals surface area contributed by atoms with Crippen LogP contribution in [0.4, 0.5) is 0 Å². The molecule has 0 spiro atoms. The average Bonchev–Trinajstić information content (AvgIpc) is 1.88. The lowest BCUT2D eigenvalue weighted by atomic mass is 10.1. The average molecular weight is 169 g/mol. The molecular weight excluding hydrogens is 158 g/mol. The number of hydrogen-bond donors (Lipinski definition) is 2. The molecule has 0 atom stereocenters. The molecule has 0 saturated heterocycles. The Morgan fingerprint density at radius 2 is 1.91 bits per heavy atom. The molecule has 0 heterocycles. The van der Waals surface area contributed by atoms with Gasteiger partial charge in [0.05, 0.1) is 0 Å². The van der Waals surface area contributed by atoms with Crippen LogP contribution in [0.3, 0.4) is 0 Å². The van der Waals surface area contributed by atoms with Crippen LogP contribution in [0.5, 0.6) is 0 Å². The second-order valence-corrected chi connectivity index (χ2v) is 2.90. The van der Waals surface area contributed by atoms with E-state index in [1.807, 2.05) is 19.9 Å². The Morgan fingerprint density at radius 1 is 1.45 bits per heavy atom. The molecule has 3 nitrogen and oxygen atoms in total. The summed E-state index contributed by atoms with van der Waals surface area (Å²) in [5, 5.41) is 8.56. The van der Waals surface area contributed by atoms with E-state index in [1.165, 1.54) is 0 Å². The van der Waals surface area contributed by atoms with Crippen LogP contribution in [0, 0.1) is 17.2 Å². The van der Waals surface area contributed by atoms with Crippen molar-refractivity contribution in [3.8, 4) is 6.07 Å². The number of allylic oxidation sites excluding steroid dienone is 1. The van der Waals surface area contributed by atoms with Crippen molar-refractivity contribution in [2.45, 2.75) is 13.8 Å². The van der Waals surface area contributed by atoms with E-state index in [0.29, 0.717) is 5.70 Å². The summed E-state index contributed by atoms with van der Waals surface area (Å²) in [4.78, 5) is 0.0682. The van der Waals surface area contributed by atoms with Gasteiger partial charge in [-0.2, -0.15) is 5.26 Å². The Kier molecular flexibility index (Phi) is 3.55. The zero-order valence-corrected chi connectivity index (χ0v) is 7.40. The second kappa shape index (κ2) is 3.94. The van der Waals surface area contributed by atoms with Crippen molar-refractivity contribution in [2.24, 2.45) is 17.4 Å². The number of nitrogens with zero attached hydrogens (tertiary/aromatic N) is 1. The zero-order valence-electron chi connectivity index (χ0n) is 6.59. The molecule has 0 aromatic rings. The largest absolute Gasteiger partial charge is 0.401 e. The molecule has 0 unspecified atom stereocenters. The van der Waals surface area contributed by atoms with E-state index in [2.05, 4.69) is 12.2 Å². The van der Waals surface area contributed by atoms with Gasteiger partial charge in [-0.15, -0.1) is 0 Å². The molecule has 0 fully saturated rings. The lowest BCUT2D eigenvalue weighted by Crippen LogP contribution is -2.18. The number of nitrogens with two attached hydrogens (primary N) is 2. The van der Waals surface area contributed by atoms with Crippen LogP contribution < -0.4 is 11.5 Å². The first-order valence-corrected chi connectivity index (χ1v) is 3.61. The van der Waals surface area contributed by atoms with Gasteiger partial charge in [0.15, 0.2) is 0 Å². The van der Waals surface area contributed by atoms with Crippen molar-refractivity contribution in [1.82, 2.24) is 0 Å². The van der Waals surface area contributed by atoms with Crippen LogP contribution in [-0.4, -0.2) is 4.99 Å². The summed E-state index contributed by atoms with van der Waals surface area (Å²) >= 11 is 4.63. The van der Waals surface area contributed by atoms with E-state index in [9.17, 15) is 0 Å². The molecule has 0 amide bonds. The fourth-order valence-electron chi connectivity index (χ4n) is 0.551. The quantitative estimate of drug-likeness (QED) is 0.362. The maximum absolute atomic E-state index is 8.56. The van der Waals surface area contributed by atoms with Crippen LogP contribution in [0.2, 0.25) is 0 Å². The third-order valence-electron chi connectivity index (χ3n) is 1.27. The van der Waals surface area contributed by atoms with Gasteiger partial charge in [0.25, 0.3) is 0 Å². The summed E-state index contributed by atoms with van der Waals surface area (Å²) in [6.07, 6.45) is 0. The first kappa shape index (κ1) is 9.92. The Labute approximate surface area is 71.7 Å². The lowest BCUT2D eigenvalue weighted by Gasteiger charge is -2.06. The molecule has 0 aliphatic rings. The van der Waals surface area contributed by atoms with Crippen molar-refractivity contribution in [1.29, 1.82) is 5.26 Å². The summed E-state index contributed by atoms with van der Waals surface area (Å²) in [6, 6.07) is 1.87. The van der Waals surface area contributed by atoms with Crippen molar-refractivity contribution < 1.29 is 0 Å². The van der Waals surface area contributed by atoms with Crippen molar-refractivity contribution >= 4 is 17.2 Å². The highest BCUT2D eigenvalue weighted by molar-refractivity contribution is 7.80. The topological polar surface area (TPSA) is 75.8 Å². The zero-order chi connectivity index (χ0) is 9.02. The molecule has 0 aromatic carbocycles. The van der Waals surface area contributed by atoms with E-state index in [0.717, 1.165) is 0 Å². The monoisotopic (exact) mass is 169 g/mol. The third-order valence-corrected chi connectivity index (χ3v) is 1.47. The molecule has 4 N–H and O–H groups in total. The van der Waals surface area contributed by atoms with Crippen molar-refractivity contribution in [3.63, 3.8) is 0 Å². The molecule has 0 aliphatic carbocycles. The lowest BCUT2D eigenvalue weighted by molar-refractivity contribution is 0.754. The van der Waals surface area contributed by atoms with E-state index in [-0.39, 0.29) is 16.5 Å². The SMILES string of the molecule is CC(C)C(N)=C(C#N)C(N)=S. The van der Waals surface area contributed by atoms with Gasteiger partial charge in [-0.1, -0.05) is 26.1 Å². The van der Waals surface area contributed by atoms with E-state index in [1.54, 1.807) is 0 Å². The molecule has 0 aliphatic heterocycles. The van der Waals surface area contributed by atoms with E-state index < -0.39 is 0 Å². The van der Waals surface area contributed by atoms with Gasteiger partial charge in [0.1, 0.15) is 16.6 Å². The molecular formula is C7H11N3S. The number of rotatable bonds is 2. The van der Waals surface area contributed by atoms with Gasteiger partial charge >= 0.3 is 0 Å². The van der Waals surface area contributed by atoms with Crippen LogP contribution in [-0.2, 0) is 0 Å². The van der Waals surface area contributed by atoms with Gasteiger partial charge in [0, 0.05) is 5.70 Å². The van der Waals surface area contributed by atoms with Gasteiger partial charge in [-0.3, -0.25) is 0 Å². The van der Waals surface area contributed by atoms with Gasteiger partial charge in [0.2, 0.25) is 0 Å². The smallest absolute Gasteiger partial charge is 0.116 e. The minimum absolute atomic E-state index is 0.0682. The number of thiocarbonyl (C=S) groups is 1. The van der Waals surface area contributed by atoms with Crippen LogP contribution in [0.25, 0.3) is 0 Å². The first-order valence-electron chi connectivity index (χ1n) is 3.20. The summed E-state index contributed by atoms with van der Waals surface area (Å²) in [5.41, 5.74) is 11.5. The molecule has 0 rings (SSSR count). The van der Waals surface area contributed by atoms with Crippen molar-refractivity contribution in [3.05, 3.63) is 11.3 Å². The predicted octanol–water partition coefficient (Wildman–Crippen LogP) is 0.665. The highest BCUT2D eigenvalue weighted by Gasteiger charge is 2.08. The Morgan fingerprint density at radius 3 is 2.00 bits per heavy atom. The maximum atomic E-state index is 8.56. The Bertz CT molecular complexity index is 235. The highest BCUT2D eigenvalue weighted by Crippen LogP contribution is 2.08. The molecule has 60 valence electrons. The number of nitriles is 1. The van der Waals surface area contributed by atoms with Crippen molar-refractivity contribution in [2.75, 3.05) is 0 Å². The minimum atomic E-state index is 0.0682. The molecule has 11 heavy (non-hydrogen) atoms. The number of hydrogen-bond acceptors (Lipinski definition) is 3. The summed E-state index contributed by atoms with van der Waals surface area (Å²) < 4.78 is 0. The summed E-state index contributed by atoms with van der Waals surface area (Å²) in [6.45, 7) is 3.76. The highest BCUT2D eigenvalue weighted by atomic mass is 32.1. The fraction of sp³-hybridized carbons (Fsp3) is 0.429. The maximum Gasteiger partial charge on any atom is 0.116 e. The van der Waals surface area contributed by atoms with E-state index in [4.69, 9.17) is 16.7 Å². The van der Waals surface area contributed by atoms with E-state index >= 15 is 0 Å². The molecule has 0 saturated carbocycles. The van der Waals surface area contributed by atoms with Gasteiger partial charge in [-0.25, -0.2) is 0 Å². The standard InChI is InChI=1S/C7H11N3S/c1-4(2)6(9)5(3-8)7(10)11/h4H,9H2,1-2H3,(H2,10,11). The molecule has 0 bridgehead atoms. The Balaban J connectivity index is 4.88. The predicted molar refractivity (Wildman–Crippen MR) is 48.4 cm³/mol.